The number of nitrogens with zero attached hydrogens (tertiary/aromatic N) is 2. The SMILES string of the molecule is c1ccc(-c2ccc(N(c3ccc(-n4c5ccccc5c5ccccc54)cc3)c3cccc(-c4cccc5oc6ccccc6c45)c3)cc2)cc1. The van der Waals surface area contributed by atoms with Crippen molar-refractivity contribution < 1.29 is 4.42 Å². The lowest BCUT2D eigenvalue weighted by Gasteiger charge is -2.26. The number of hydrogen-bond donors (Lipinski definition) is 0. The third-order valence-electron chi connectivity index (χ3n) is 10.00. The largest absolute Gasteiger partial charge is 0.456 e. The van der Waals surface area contributed by atoms with Gasteiger partial charge in [0.1, 0.15) is 11.2 Å². The van der Waals surface area contributed by atoms with Crippen molar-refractivity contribution in [3.63, 3.8) is 0 Å². The summed E-state index contributed by atoms with van der Waals surface area (Å²) in [4.78, 5) is 2.35. The van der Waals surface area contributed by atoms with Crippen molar-refractivity contribution in [3.8, 4) is 27.9 Å². The summed E-state index contributed by atoms with van der Waals surface area (Å²) in [6.07, 6.45) is 0. The minimum absolute atomic E-state index is 0.896. The van der Waals surface area contributed by atoms with Gasteiger partial charge in [0.25, 0.3) is 0 Å². The first-order chi connectivity index (χ1) is 25.3. The Morgan fingerprint density at radius 2 is 0.922 bits per heavy atom. The van der Waals surface area contributed by atoms with Gasteiger partial charge in [0.2, 0.25) is 0 Å². The summed E-state index contributed by atoms with van der Waals surface area (Å²) in [6, 6.07) is 69.2. The van der Waals surface area contributed by atoms with E-state index in [9.17, 15) is 0 Å². The second kappa shape index (κ2) is 11.9. The molecule has 0 N–H and O–H groups in total. The van der Waals surface area contributed by atoms with Gasteiger partial charge in [-0.25, -0.2) is 0 Å². The molecule has 0 amide bonds. The molecule has 3 nitrogen and oxygen atoms in total. The molecule has 0 aliphatic heterocycles. The first-order valence-corrected chi connectivity index (χ1v) is 17.4. The molecular formula is C48H32N2O. The Labute approximate surface area is 295 Å². The highest BCUT2D eigenvalue weighted by molar-refractivity contribution is 6.12. The lowest BCUT2D eigenvalue weighted by atomic mass is 9.98. The zero-order valence-electron chi connectivity index (χ0n) is 27.8. The highest BCUT2D eigenvalue weighted by Crippen LogP contribution is 2.41. The van der Waals surface area contributed by atoms with Gasteiger partial charge in [-0.3, -0.25) is 0 Å². The molecule has 3 heteroatoms. The molecule has 0 atom stereocenters. The second-order valence-electron chi connectivity index (χ2n) is 13.0. The van der Waals surface area contributed by atoms with E-state index in [0.717, 1.165) is 55.8 Å². The van der Waals surface area contributed by atoms with E-state index in [2.05, 4.69) is 191 Å². The van der Waals surface area contributed by atoms with Crippen LogP contribution in [0.1, 0.15) is 0 Å². The number of aromatic nitrogens is 1. The first kappa shape index (κ1) is 29.1. The lowest BCUT2D eigenvalue weighted by Crippen LogP contribution is -2.10. The Balaban J connectivity index is 1.12. The third-order valence-corrected chi connectivity index (χ3v) is 10.00. The van der Waals surface area contributed by atoms with Gasteiger partial charge in [0.15, 0.2) is 0 Å². The Morgan fingerprint density at radius 1 is 0.373 bits per heavy atom. The molecule has 0 saturated carbocycles. The second-order valence-corrected chi connectivity index (χ2v) is 13.0. The number of para-hydroxylation sites is 3. The molecule has 2 heterocycles. The van der Waals surface area contributed by atoms with Gasteiger partial charge in [0, 0.05) is 44.3 Å². The molecular weight excluding hydrogens is 621 g/mol. The zero-order valence-corrected chi connectivity index (χ0v) is 27.8. The van der Waals surface area contributed by atoms with Crippen molar-refractivity contribution in [2.24, 2.45) is 0 Å². The summed E-state index contributed by atoms with van der Waals surface area (Å²) >= 11 is 0. The normalized spacial score (nSPS) is 11.5. The van der Waals surface area contributed by atoms with Crippen LogP contribution in [0, 0.1) is 0 Å². The van der Waals surface area contributed by atoms with Crippen LogP contribution in [-0.4, -0.2) is 4.57 Å². The molecule has 0 saturated heterocycles. The number of furan rings is 1. The van der Waals surface area contributed by atoms with Crippen LogP contribution in [0.3, 0.4) is 0 Å². The number of hydrogen-bond acceptors (Lipinski definition) is 2. The smallest absolute Gasteiger partial charge is 0.136 e. The van der Waals surface area contributed by atoms with Crippen molar-refractivity contribution >= 4 is 60.8 Å². The van der Waals surface area contributed by atoms with Crippen molar-refractivity contribution in [2.45, 2.75) is 0 Å². The molecule has 0 fully saturated rings. The predicted octanol–water partition coefficient (Wildman–Crippen LogP) is 13.5. The monoisotopic (exact) mass is 652 g/mol. The van der Waals surface area contributed by atoms with Crippen molar-refractivity contribution in [1.82, 2.24) is 4.57 Å². The Kier molecular flexibility index (Phi) is 6.81. The summed E-state index contributed by atoms with van der Waals surface area (Å²) in [5.74, 6) is 0. The summed E-state index contributed by atoms with van der Waals surface area (Å²) in [6.45, 7) is 0. The molecule has 0 bridgehead atoms. The van der Waals surface area contributed by atoms with Gasteiger partial charge in [-0.15, -0.1) is 0 Å². The van der Waals surface area contributed by atoms with Crippen LogP contribution in [0.4, 0.5) is 17.1 Å². The molecule has 2 aromatic heterocycles. The van der Waals surface area contributed by atoms with Gasteiger partial charge in [0.05, 0.1) is 11.0 Å². The topological polar surface area (TPSA) is 21.3 Å². The lowest BCUT2D eigenvalue weighted by molar-refractivity contribution is 0.669. The summed E-state index contributed by atoms with van der Waals surface area (Å²) in [5.41, 5.74) is 13.3. The fourth-order valence-corrected chi connectivity index (χ4v) is 7.66. The number of benzene rings is 8. The van der Waals surface area contributed by atoms with Crippen LogP contribution in [-0.2, 0) is 0 Å². The van der Waals surface area contributed by atoms with Gasteiger partial charge in [-0.2, -0.15) is 0 Å². The van der Waals surface area contributed by atoms with E-state index in [4.69, 9.17) is 4.42 Å². The van der Waals surface area contributed by atoms with Gasteiger partial charge in [-0.05, 0) is 95.1 Å². The number of fused-ring (bicyclic) bond motifs is 6. The number of anilines is 3. The molecule has 0 spiro atoms. The summed E-state index contributed by atoms with van der Waals surface area (Å²) in [5, 5.41) is 4.78. The minimum Gasteiger partial charge on any atom is -0.456 e. The molecule has 240 valence electrons. The van der Waals surface area contributed by atoms with E-state index in [0.29, 0.717) is 0 Å². The van der Waals surface area contributed by atoms with Crippen LogP contribution in [0.25, 0.3) is 71.7 Å². The predicted molar refractivity (Wildman–Crippen MR) is 214 cm³/mol. The average molecular weight is 653 g/mol. The van der Waals surface area contributed by atoms with E-state index in [-0.39, 0.29) is 0 Å². The fraction of sp³-hybridized carbons (Fsp3) is 0. The average Bonchev–Trinajstić information content (AvgIpc) is 3.75. The molecule has 0 unspecified atom stereocenters. The van der Waals surface area contributed by atoms with Crippen LogP contribution in [0.15, 0.2) is 199 Å². The van der Waals surface area contributed by atoms with Crippen LogP contribution in [0.5, 0.6) is 0 Å². The Morgan fingerprint density at radius 3 is 1.65 bits per heavy atom. The standard InChI is InChI=1S/C48H32N2O/c1-2-12-33(13-3-1)34-24-26-36(27-25-34)49(37-28-30-38(31-29-37)50-44-20-7-4-16-41(44)42-17-5-8-21-45(42)50)39-15-10-14-35(32-39)40-19-11-23-47-48(40)43-18-6-9-22-46(43)51-47/h1-32H. The fourth-order valence-electron chi connectivity index (χ4n) is 7.66. The van der Waals surface area contributed by atoms with Crippen molar-refractivity contribution in [1.29, 1.82) is 0 Å². The number of rotatable bonds is 6. The van der Waals surface area contributed by atoms with Crippen LogP contribution < -0.4 is 4.90 Å². The highest BCUT2D eigenvalue weighted by atomic mass is 16.3. The van der Waals surface area contributed by atoms with E-state index in [1.54, 1.807) is 0 Å². The third kappa shape index (κ3) is 4.90. The Bertz CT molecular complexity index is 2790. The van der Waals surface area contributed by atoms with Gasteiger partial charge < -0.3 is 13.9 Å². The van der Waals surface area contributed by atoms with E-state index < -0.39 is 0 Å². The molecule has 10 aromatic rings. The van der Waals surface area contributed by atoms with Crippen molar-refractivity contribution in [2.75, 3.05) is 4.90 Å². The van der Waals surface area contributed by atoms with Crippen molar-refractivity contribution in [3.05, 3.63) is 194 Å². The molecule has 10 rings (SSSR count). The maximum atomic E-state index is 6.26. The summed E-state index contributed by atoms with van der Waals surface area (Å²) in [7, 11) is 0. The molecule has 0 aliphatic rings. The van der Waals surface area contributed by atoms with E-state index in [1.165, 1.54) is 32.9 Å². The first-order valence-electron chi connectivity index (χ1n) is 17.4. The van der Waals surface area contributed by atoms with E-state index in [1.807, 2.05) is 12.1 Å². The van der Waals surface area contributed by atoms with E-state index >= 15 is 0 Å². The van der Waals surface area contributed by atoms with Gasteiger partial charge in [-0.1, -0.05) is 121 Å². The highest BCUT2D eigenvalue weighted by Gasteiger charge is 2.18. The quantitative estimate of drug-likeness (QED) is 0.178. The maximum Gasteiger partial charge on any atom is 0.136 e. The molecule has 51 heavy (non-hydrogen) atoms. The van der Waals surface area contributed by atoms with Gasteiger partial charge >= 0.3 is 0 Å². The minimum atomic E-state index is 0.896. The van der Waals surface area contributed by atoms with Crippen LogP contribution >= 0.6 is 0 Å². The zero-order chi connectivity index (χ0) is 33.7. The Hall–Kier alpha value is -6.84. The summed E-state index contributed by atoms with van der Waals surface area (Å²) < 4.78 is 8.63. The molecule has 8 aromatic carbocycles. The molecule has 0 aliphatic carbocycles. The molecule has 0 radical (unpaired) electrons. The van der Waals surface area contributed by atoms with Crippen LogP contribution in [0.2, 0.25) is 0 Å². The maximum absolute atomic E-state index is 6.26.